The first-order valence-electron chi connectivity index (χ1n) is 7.07. The molecule has 8 heteroatoms. The molecule has 0 unspecified atom stereocenters. The Morgan fingerprint density at radius 3 is 2.72 bits per heavy atom. The van der Waals surface area contributed by atoms with Gasteiger partial charge in [-0.15, -0.1) is 0 Å². The molecule has 6 nitrogen and oxygen atoms in total. The monoisotopic (exact) mass is 345 g/mol. The molecule has 128 valence electrons. The molecular weight excluding hydrogens is 332 g/mol. The first kappa shape index (κ1) is 17.9. The van der Waals surface area contributed by atoms with Gasteiger partial charge in [-0.25, -0.2) is 0 Å². The molecule has 0 radical (unpaired) electrons. The number of ether oxygens (including phenoxy) is 1. The molecule has 0 heterocycles. The fourth-order valence-electron chi connectivity index (χ4n) is 1.79. The Labute approximate surface area is 142 Å². The fourth-order valence-corrected chi connectivity index (χ4v) is 1.79. The number of carbonyl (C=O) groups is 1. The van der Waals surface area contributed by atoms with Crippen LogP contribution in [0.4, 0.5) is 14.5 Å². The second-order valence-corrected chi connectivity index (χ2v) is 4.70. The fraction of sp³-hybridized carbons (Fsp3) is 0.118. The molecule has 25 heavy (non-hydrogen) atoms. The van der Waals surface area contributed by atoms with Crippen molar-refractivity contribution in [1.82, 2.24) is 0 Å². The van der Waals surface area contributed by atoms with E-state index in [2.05, 4.69) is 15.2 Å². The van der Waals surface area contributed by atoms with Crippen LogP contribution < -0.4 is 10.1 Å². The number of oxime groups is 1. The van der Waals surface area contributed by atoms with Gasteiger partial charge in [0.1, 0.15) is 5.75 Å². The lowest BCUT2D eigenvalue weighted by Gasteiger charge is -2.04. The van der Waals surface area contributed by atoms with Crippen LogP contribution >= 0.6 is 0 Å². The molecule has 0 bridgehead atoms. The Kier molecular flexibility index (Phi) is 6.42. The van der Waals surface area contributed by atoms with Crippen LogP contribution in [-0.4, -0.2) is 25.3 Å². The summed E-state index contributed by atoms with van der Waals surface area (Å²) in [6.45, 7) is -3.20. The van der Waals surface area contributed by atoms with Crippen LogP contribution in [-0.2, 0) is 9.63 Å². The average Bonchev–Trinajstić information content (AvgIpc) is 2.60. The van der Waals surface area contributed by atoms with Gasteiger partial charge in [0.05, 0.1) is 17.8 Å². The molecule has 2 aromatic carbocycles. The molecule has 0 atom stereocenters. The Bertz CT molecular complexity index is 786. The minimum atomic E-state index is -2.88. The molecule has 0 saturated heterocycles. The molecule has 0 aliphatic carbocycles. The number of hydrogen-bond donors (Lipinski definition) is 1. The highest BCUT2D eigenvalue weighted by Crippen LogP contribution is 2.14. The minimum absolute atomic E-state index is 0.0343. The molecular formula is C17H13F2N3O3. The van der Waals surface area contributed by atoms with Crippen molar-refractivity contribution in [3.63, 3.8) is 0 Å². The Morgan fingerprint density at radius 1 is 1.28 bits per heavy atom. The van der Waals surface area contributed by atoms with E-state index in [1.807, 2.05) is 6.07 Å². The molecule has 0 saturated carbocycles. The zero-order valence-corrected chi connectivity index (χ0v) is 12.9. The van der Waals surface area contributed by atoms with Crippen LogP contribution in [0.2, 0.25) is 0 Å². The number of alkyl halides is 2. The van der Waals surface area contributed by atoms with E-state index in [0.717, 1.165) is 0 Å². The van der Waals surface area contributed by atoms with Gasteiger partial charge >= 0.3 is 6.61 Å². The number of rotatable bonds is 7. The van der Waals surface area contributed by atoms with E-state index in [4.69, 9.17) is 10.1 Å². The van der Waals surface area contributed by atoms with Crippen molar-refractivity contribution in [2.24, 2.45) is 5.16 Å². The molecule has 0 aliphatic rings. The largest absolute Gasteiger partial charge is 0.435 e. The summed E-state index contributed by atoms with van der Waals surface area (Å²) in [5, 5.41) is 15.0. The standard InChI is InChI=1S/C17H13F2N3O3/c18-17(19)25-15-6-4-12(5-7-15)10-21-24-11-16(23)22-14-3-1-2-13(8-14)9-20/h1-8,10,17H,11H2,(H,22,23)/b21-10-. The number of benzene rings is 2. The Balaban J connectivity index is 1.78. The van der Waals surface area contributed by atoms with Crippen LogP contribution in [0.1, 0.15) is 11.1 Å². The van der Waals surface area contributed by atoms with E-state index in [1.165, 1.54) is 36.5 Å². The van der Waals surface area contributed by atoms with Gasteiger partial charge in [-0.2, -0.15) is 14.0 Å². The van der Waals surface area contributed by atoms with Gasteiger partial charge in [-0.3, -0.25) is 4.79 Å². The smallest absolute Gasteiger partial charge is 0.387 e. The second kappa shape index (κ2) is 8.98. The molecule has 1 amide bonds. The minimum Gasteiger partial charge on any atom is -0.435 e. The summed E-state index contributed by atoms with van der Waals surface area (Å²) in [7, 11) is 0. The van der Waals surface area contributed by atoms with E-state index in [0.29, 0.717) is 16.8 Å². The third-order valence-corrected chi connectivity index (χ3v) is 2.85. The SMILES string of the molecule is N#Cc1cccc(NC(=O)CO/N=C\c2ccc(OC(F)F)cc2)c1. The Hall–Kier alpha value is -3.47. The summed E-state index contributed by atoms with van der Waals surface area (Å²) in [5.41, 5.74) is 1.49. The number of carbonyl (C=O) groups excluding carboxylic acids is 1. The number of nitrogens with one attached hydrogen (secondary N) is 1. The lowest BCUT2D eigenvalue weighted by atomic mass is 10.2. The van der Waals surface area contributed by atoms with Crippen LogP contribution in [0.25, 0.3) is 0 Å². The van der Waals surface area contributed by atoms with Gasteiger partial charge in [0.15, 0.2) is 6.61 Å². The van der Waals surface area contributed by atoms with Crippen molar-refractivity contribution in [3.05, 3.63) is 59.7 Å². The van der Waals surface area contributed by atoms with Gasteiger partial charge in [0.2, 0.25) is 0 Å². The zero-order chi connectivity index (χ0) is 18.1. The predicted octanol–water partition coefficient (Wildman–Crippen LogP) is 3.15. The summed E-state index contributed by atoms with van der Waals surface area (Å²) < 4.78 is 28.3. The number of nitriles is 1. The van der Waals surface area contributed by atoms with Gasteiger partial charge in [0.25, 0.3) is 5.91 Å². The van der Waals surface area contributed by atoms with Gasteiger partial charge in [-0.1, -0.05) is 11.2 Å². The van der Waals surface area contributed by atoms with E-state index in [9.17, 15) is 13.6 Å². The summed E-state index contributed by atoms with van der Waals surface area (Å²) >= 11 is 0. The molecule has 0 aliphatic heterocycles. The van der Waals surface area contributed by atoms with Gasteiger partial charge in [-0.05, 0) is 48.0 Å². The van der Waals surface area contributed by atoms with Crippen molar-refractivity contribution in [2.75, 3.05) is 11.9 Å². The first-order valence-corrected chi connectivity index (χ1v) is 7.07. The number of amides is 1. The molecule has 0 fully saturated rings. The maximum atomic E-state index is 12.0. The number of hydrogen-bond acceptors (Lipinski definition) is 5. The highest BCUT2D eigenvalue weighted by molar-refractivity contribution is 5.91. The van der Waals surface area contributed by atoms with Crippen molar-refractivity contribution in [3.8, 4) is 11.8 Å². The van der Waals surface area contributed by atoms with Crippen molar-refractivity contribution >= 4 is 17.8 Å². The molecule has 0 spiro atoms. The number of nitrogens with zero attached hydrogens (tertiary/aromatic N) is 2. The number of halogens is 2. The highest BCUT2D eigenvalue weighted by Gasteiger charge is 2.04. The molecule has 2 rings (SSSR count). The summed E-state index contributed by atoms with van der Waals surface area (Å²) in [6.07, 6.45) is 1.33. The van der Waals surface area contributed by atoms with Crippen LogP contribution in [0.5, 0.6) is 5.75 Å². The van der Waals surface area contributed by atoms with Crippen LogP contribution in [0, 0.1) is 11.3 Å². The lowest BCUT2D eigenvalue weighted by molar-refractivity contribution is -0.120. The van der Waals surface area contributed by atoms with Crippen molar-refractivity contribution in [2.45, 2.75) is 6.61 Å². The third-order valence-electron chi connectivity index (χ3n) is 2.85. The topological polar surface area (TPSA) is 83.7 Å². The van der Waals surface area contributed by atoms with Crippen LogP contribution in [0.3, 0.4) is 0 Å². The van der Waals surface area contributed by atoms with Crippen LogP contribution in [0.15, 0.2) is 53.7 Å². The Morgan fingerprint density at radius 2 is 2.04 bits per heavy atom. The molecule has 1 N–H and O–H groups in total. The average molecular weight is 345 g/mol. The second-order valence-electron chi connectivity index (χ2n) is 4.70. The highest BCUT2D eigenvalue weighted by atomic mass is 19.3. The third kappa shape index (κ3) is 6.27. The lowest BCUT2D eigenvalue weighted by Crippen LogP contribution is -2.17. The summed E-state index contributed by atoms with van der Waals surface area (Å²) in [5.74, 6) is -0.403. The maximum absolute atomic E-state index is 12.0. The van der Waals surface area contributed by atoms with E-state index < -0.39 is 12.5 Å². The van der Waals surface area contributed by atoms with Crippen molar-refractivity contribution < 1.29 is 23.1 Å². The zero-order valence-electron chi connectivity index (χ0n) is 12.9. The normalized spacial score (nSPS) is 10.5. The maximum Gasteiger partial charge on any atom is 0.387 e. The molecule has 2 aromatic rings. The van der Waals surface area contributed by atoms with E-state index in [-0.39, 0.29) is 12.4 Å². The molecule has 0 aromatic heterocycles. The quantitative estimate of drug-likeness (QED) is 0.617. The van der Waals surface area contributed by atoms with Gasteiger partial charge in [0, 0.05) is 5.69 Å². The summed E-state index contributed by atoms with van der Waals surface area (Å²) in [6, 6.07) is 14.2. The van der Waals surface area contributed by atoms with E-state index in [1.54, 1.807) is 18.2 Å². The van der Waals surface area contributed by atoms with E-state index >= 15 is 0 Å². The van der Waals surface area contributed by atoms with Gasteiger partial charge < -0.3 is 14.9 Å². The number of anilines is 1. The first-order chi connectivity index (χ1) is 12.1. The predicted molar refractivity (Wildman–Crippen MR) is 86.4 cm³/mol. The summed E-state index contributed by atoms with van der Waals surface area (Å²) in [4.78, 5) is 16.6. The van der Waals surface area contributed by atoms with Crippen molar-refractivity contribution in [1.29, 1.82) is 5.26 Å².